The number of nitrogens with zero attached hydrogens (tertiary/aromatic N) is 1. The first-order valence-corrected chi connectivity index (χ1v) is 4.78. The quantitative estimate of drug-likeness (QED) is 0.789. The first kappa shape index (κ1) is 10.4. The van der Waals surface area contributed by atoms with Crippen LogP contribution in [0.2, 0.25) is 0 Å². The Labute approximate surface area is 91.4 Å². The number of amides is 1. The molecule has 0 aliphatic rings. The van der Waals surface area contributed by atoms with E-state index in [0.717, 1.165) is 0 Å². The number of furan rings is 1. The summed E-state index contributed by atoms with van der Waals surface area (Å²) in [5, 5.41) is 2.61. The van der Waals surface area contributed by atoms with Gasteiger partial charge in [0.25, 0.3) is 5.91 Å². The van der Waals surface area contributed by atoms with Crippen LogP contribution >= 0.6 is 0 Å². The predicted octanol–water partition coefficient (Wildman–Crippen LogP) is 0.623. The van der Waals surface area contributed by atoms with Crippen molar-refractivity contribution < 1.29 is 13.6 Å². The molecule has 84 valence electrons. The van der Waals surface area contributed by atoms with Gasteiger partial charge in [-0.1, -0.05) is 0 Å². The van der Waals surface area contributed by atoms with E-state index < -0.39 is 0 Å². The standard InChI is InChI=1S/C10H11N3O3/c11-3-4-12-10(14)8-9(16-6-13-8)7-2-1-5-15-7/h1-2,5-6H,3-4,11H2,(H,12,14). The molecule has 1 amide bonds. The van der Waals surface area contributed by atoms with Crippen molar-refractivity contribution in [2.45, 2.75) is 0 Å². The number of oxazole rings is 1. The normalized spacial score (nSPS) is 10.3. The van der Waals surface area contributed by atoms with Gasteiger partial charge in [0.05, 0.1) is 6.26 Å². The number of carbonyl (C=O) groups excluding carboxylic acids is 1. The molecule has 6 nitrogen and oxygen atoms in total. The summed E-state index contributed by atoms with van der Waals surface area (Å²) in [5.41, 5.74) is 5.48. The summed E-state index contributed by atoms with van der Waals surface area (Å²) in [6.07, 6.45) is 2.70. The van der Waals surface area contributed by atoms with Crippen LogP contribution in [-0.2, 0) is 0 Å². The first-order chi connectivity index (χ1) is 7.83. The molecule has 2 heterocycles. The molecular weight excluding hydrogens is 210 g/mol. The highest BCUT2D eigenvalue weighted by molar-refractivity contribution is 5.97. The van der Waals surface area contributed by atoms with Gasteiger partial charge < -0.3 is 19.9 Å². The fraction of sp³-hybridized carbons (Fsp3) is 0.200. The number of hydrogen-bond donors (Lipinski definition) is 2. The zero-order valence-electron chi connectivity index (χ0n) is 8.47. The molecule has 0 aromatic carbocycles. The number of nitrogens with one attached hydrogen (secondary N) is 1. The largest absolute Gasteiger partial charge is 0.461 e. The van der Waals surface area contributed by atoms with E-state index in [-0.39, 0.29) is 11.6 Å². The Hall–Kier alpha value is -2.08. The summed E-state index contributed by atoms with van der Waals surface area (Å²) >= 11 is 0. The van der Waals surface area contributed by atoms with Crippen molar-refractivity contribution in [2.24, 2.45) is 5.73 Å². The fourth-order valence-electron chi connectivity index (χ4n) is 1.26. The van der Waals surface area contributed by atoms with Gasteiger partial charge in [0, 0.05) is 13.1 Å². The van der Waals surface area contributed by atoms with Gasteiger partial charge in [0.2, 0.25) is 5.76 Å². The van der Waals surface area contributed by atoms with Gasteiger partial charge in [-0.2, -0.15) is 0 Å². The molecule has 0 atom stereocenters. The zero-order valence-corrected chi connectivity index (χ0v) is 8.47. The Bertz CT molecular complexity index is 461. The molecule has 0 unspecified atom stereocenters. The maximum Gasteiger partial charge on any atom is 0.274 e. The number of aromatic nitrogens is 1. The molecule has 0 saturated carbocycles. The molecule has 0 bridgehead atoms. The summed E-state index contributed by atoms with van der Waals surface area (Å²) < 4.78 is 10.2. The van der Waals surface area contributed by atoms with Crippen LogP contribution in [0.1, 0.15) is 10.5 Å². The third-order valence-electron chi connectivity index (χ3n) is 1.96. The second kappa shape index (κ2) is 4.63. The van der Waals surface area contributed by atoms with Crippen molar-refractivity contribution >= 4 is 5.91 Å². The molecule has 2 rings (SSSR count). The monoisotopic (exact) mass is 221 g/mol. The lowest BCUT2D eigenvalue weighted by Gasteiger charge is -2.00. The number of rotatable bonds is 4. The van der Waals surface area contributed by atoms with Crippen molar-refractivity contribution in [3.63, 3.8) is 0 Å². The van der Waals surface area contributed by atoms with E-state index in [1.54, 1.807) is 12.1 Å². The maximum atomic E-state index is 11.6. The highest BCUT2D eigenvalue weighted by Gasteiger charge is 2.19. The van der Waals surface area contributed by atoms with Gasteiger partial charge in [0.1, 0.15) is 0 Å². The van der Waals surface area contributed by atoms with Crippen molar-refractivity contribution in [1.29, 1.82) is 0 Å². The van der Waals surface area contributed by atoms with Gasteiger partial charge in [-0.05, 0) is 12.1 Å². The molecule has 6 heteroatoms. The molecule has 0 spiro atoms. The number of carbonyl (C=O) groups is 1. The molecule has 0 radical (unpaired) electrons. The van der Waals surface area contributed by atoms with Crippen molar-refractivity contribution in [3.05, 3.63) is 30.5 Å². The average Bonchev–Trinajstić information content (AvgIpc) is 2.94. The third kappa shape index (κ3) is 1.96. The molecule has 3 N–H and O–H groups in total. The van der Waals surface area contributed by atoms with Crippen LogP contribution in [0, 0.1) is 0 Å². The first-order valence-electron chi connectivity index (χ1n) is 4.78. The smallest absolute Gasteiger partial charge is 0.274 e. The van der Waals surface area contributed by atoms with Crippen LogP contribution in [-0.4, -0.2) is 24.0 Å². The molecule has 2 aromatic heterocycles. The summed E-state index contributed by atoms with van der Waals surface area (Å²) in [6.45, 7) is 0.767. The summed E-state index contributed by atoms with van der Waals surface area (Å²) in [4.78, 5) is 15.5. The molecule has 0 aliphatic heterocycles. The van der Waals surface area contributed by atoms with Crippen molar-refractivity contribution in [3.8, 4) is 11.5 Å². The zero-order chi connectivity index (χ0) is 11.4. The van der Waals surface area contributed by atoms with Gasteiger partial charge in [-0.3, -0.25) is 4.79 Å². The fourth-order valence-corrected chi connectivity index (χ4v) is 1.26. The van der Waals surface area contributed by atoms with Gasteiger partial charge in [0.15, 0.2) is 17.8 Å². The third-order valence-corrected chi connectivity index (χ3v) is 1.96. The van der Waals surface area contributed by atoms with Crippen LogP contribution in [0.4, 0.5) is 0 Å². The molecule has 2 aromatic rings. The van der Waals surface area contributed by atoms with Crippen LogP contribution < -0.4 is 11.1 Å². The van der Waals surface area contributed by atoms with Crippen LogP contribution in [0.5, 0.6) is 0 Å². The molecule has 0 fully saturated rings. The predicted molar refractivity (Wildman–Crippen MR) is 55.6 cm³/mol. The van der Waals surface area contributed by atoms with E-state index in [9.17, 15) is 4.79 Å². The van der Waals surface area contributed by atoms with Gasteiger partial charge >= 0.3 is 0 Å². The summed E-state index contributed by atoms with van der Waals surface area (Å²) in [7, 11) is 0. The van der Waals surface area contributed by atoms with E-state index in [0.29, 0.717) is 24.6 Å². The van der Waals surface area contributed by atoms with E-state index in [4.69, 9.17) is 14.6 Å². The lowest BCUT2D eigenvalue weighted by molar-refractivity contribution is 0.0950. The second-order valence-corrected chi connectivity index (χ2v) is 3.05. The Morgan fingerprint density at radius 3 is 3.06 bits per heavy atom. The molecule has 0 aliphatic carbocycles. The van der Waals surface area contributed by atoms with E-state index in [1.165, 1.54) is 12.7 Å². The molecule has 0 saturated heterocycles. The van der Waals surface area contributed by atoms with Gasteiger partial charge in [-0.25, -0.2) is 4.98 Å². The Morgan fingerprint density at radius 1 is 1.50 bits per heavy atom. The lowest BCUT2D eigenvalue weighted by atomic mass is 10.2. The SMILES string of the molecule is NCCNC(=O)c1ncoc1-c1ccco1. The van der Waals surface area contributed by atoms with Crippen molar-refractivity contribution in [2.75, 3.05) is 13.1 Å². The number of nitrogens with two attached hydrogens (primary N) is 1. The van der Waals surface area contributed by atoms with Gasteiger partial charge in [-0.15, -0.1) is 0 Å². The average molecular weight is 221 g/mol. The van der Waals surface area contributed by atoms with E-state index >= 15 is 0 Å². The lowest BCUT2D eigenvalue weighted by Crippen LogP contribution is -2.29. The summed E-state index contributed by atoms with van der Waals surface area (Å²) in [5.74, 6) is 0.459. The highest BCUT2D eigenvalue weighted by Crippen LogP contribution is 2.23. The second-order valence-electron chi connectivity index (χ2n) is 3.05. The maximum absolute atomic E-state index is 11.6. The topological polar surface area (TPSA) is 94.3 Å². The minimum absolute atomic E-state index is 0.198. The Morgan fingerprint density at radius 2 is 2.38 bits per heavy atom. The Kier molecular flexibility index (Phi) is 3.02. The van der Waals surface area contributed by atoms with E-state index in [2.05, 4.69) is 10.3 Å². The van der Waals surface area contributed by atoms with E-state index in [1.807, 2.05) is 0 Å². The summed E-state index contributed by atoms with van der Waals surface area (Å²) in [6, 6.07) is 3.40. The molecule has 16 heavy (non-hydrogen) atoms. The molecular formula is C10H11N3O3. The highest BCUT2D eigenvalue weighted by atomic mass is 16.4. The van der Waals surface area contributed by atoms with Crippen molar-refractivity contribution in [1.82, 2.24) is 10.3 Å². The Balaban J connectivity index is 2.23. The van der Waals surface area contributed by atoms with Crippen LogP contribution in [0.25, 0.3) is 11.5 Å². The van der Waals surface area contributed by atoms with Crippen LogP contribution in [0.3, 0.4) is 0 Å². The van der Waals surface area contributed by atoms with Crippen LogP contribution in [0.15, 0.2) is 33.6 Å². The number of hydrogen-bond acceptors (Lipinski definition) is 5. The minimum Gasteiger partial charge on any atom is -0.461 e. The minimum atomic E-state index is -0.328.